The molecule has 1 unspecified atom stereocenters. The van der Waals surface area contributed by atoms with Crippen LogP contribution in [0.15, 0.2) is 42.7 Å². The summed E-state index contributed by atoms with van der Waals surface area (Å²) >= 11 is 0. The number of alkyl carbamates (subject to hydrolysis) is 1. The average molecular weight is 339 g/mol. The van der Waals surface area contributed by atoms with Crippen molar-refractivity contribution in [2.45, 2.75) is 44.8 Å². The van der Waals surface area contributed by atoms with Gasteiger partial charge in [-0.25, -0.2) is 14.8 Å². The highest BCUT2D eigenvalue weighted by Crippen LogP contribution is 2.37. The molecule has 6 nitrogen and oxygen atoms in total. The Balaban J connectivity index is 1.55. The zero-order valence-corrected chi connectivity index (χ0v) is 14.1. The minimum absolute atomic E-state index is 0.163. The number of amides is 1. The van der Waals surface area contributed by atoms with E-state index in [1.807, 2.05) is 37.3 Å². The van der Waals surface area contributed by atoms with Crippen LogP contribution in [-0.2, 0) is 11.3 Å². The molecule has 1 amide bonds. The molecule has 130 valence electrons. The van der Waals surface area contributed by atoms with Crippen molar-refractivity contribution in [2.75, 3.05) is 0 Å². The second kappa shape index (κ2) is 7.88. The highest BCUT2D eigenvalue weighted by Gasteiger charge is 2.27. The molecule has 6 heteroatoms. The maximum Gasteiger partial charge on any atom is 0.408 e. The van der Waals surface area contributed by atoms with E-state index < -0.39 is 12.1 Å². The van der Waals surface area contributed by atoms with Crippen molar-refractivity contribution < 1.29 is 14.3 Å². The first-order valence-corrected chi connectivity index (χ1v) is 8.50. The topological polar surface area (TPSA) is 81.2 Å². The highest BCUT2D eigenvalue weighted by atomic mass is 16.5. The first-order valence-electron chi connectivity index (χ1n) is 8.50. The molecule has 1 heterocycles. The van der Waals surface area contributed by atoms with Crippen LogP contribution < -0.4 is 5.32 Å². The summed E-state index contributed by atoms with van der Waals surface area (Å²) < 4.78 is 5.17. The summed E-state index contributed by atoms with van der Waals surface area (Å²) in [6.45, 7) is 2.00. The van der Waals surface area contributed by atoms with E-state index in [9.17, 15) is 9.59 Å². The van der Waals surface area contributed by atoms with Crippen molar-refractivity contribution in [3.63, 3.8) is 0 Å². The number of benzene rings is 1. The van der Waals surface area contributed by atoms with Crippen LogP contribution in [0, 0.1) is 0 Å². The number of aromatic nitrogens is 2. The van der Waals surface area contributed by atoms with Gasteiger partial charge in [-0.15, -0.1) is 0 Å². The zero-order chi connectivity index (χ0) is 17.6. The summed E-state index contributed by atoms with van der Waals surface area (Å²) in [6.07, 6.45) is 5.16. The molecule has 1 aliphatic carbocycles. The van der Waals surface area contributed by atoms with Gasteiger partial charge < -0.3 is 10.1 Å². The van der Waals surface area contributed by atoms with E-state index >= 15 is 0 Å². The van der Waals surface area contributed by atoms with E-state index in [2.05, 4.69) is 15.3 Å². The Kier molecular flexibility index (Phi) is 5.38. The fourth-order valence-corrected chi connectivity index (χ4v) is 2.48. The number of hydrogen-bond acceptors (Lipinski definition) is 5. The molecular formula is C19H21N3O3. The summed E-state index contributed by atoms with van der Waals surface area (Å²) in [4.78, 5) is 33.0. The number of ketones is 1. The molecule has 0 spiro atoms. The summed E-state index contributed by atoms with van der Waals surface area (Å²) in [5.41, 5.74) is 1.29. The lowest BCUT2D eigenvalue weighted by atomic mass is 10.1. The lowest BCUT2D eigenvalue weighted by molar-refractivity contribution is 0.0913. The second-order valence-corrected chi connectivity index (χ2v) is 6.14. The van der Waals surface area contributed by atoms with Gasteiger partial charge in [0.2, 0.25) is 0 Å². The first-order chi connectivity index (χ1) is 12.2. The van der Waals surface area contributed by atoms with Crippen molar-refractivity contribution in [3.8, 4) is 0 Å². The van der Waals surface area contributed by atoms with Gasteiger partial charge in [0, 0.05) is 18.3 Å². The Morgan fingerprint density at radius 1 is 1.20 bits per heavy atom. The van der Waals surface area contributed by atoms with Crippen molar-refractivity contribution in [1.29, 1.82) is 0 Å². The summed E-state index contributed by atoms with van der Waals surface area (Å²) in [6, 6.07) is 8.73. The smallest absolute Gasteiger partial charge is 0.408 e. The third kappa shape index (κ3) is 4.62. The molecule has 1 aliphatic rings. The average Bonchev–Trinajstić information content (AvgIpc) is 3.50. The Morgan fingerprint density at radius 3 is 2.48 bits per heavy atom. The van der Waals surface area contributed by atoms with Crippen LogP contribution in [0.3, 0.4) is 0 Å². The molecule has 0 bridgehead atoms. The zero-order valence-electron chi connectivity index (χ0n) is 14.1. The van der Waals surface area contributed by atoms with Gasteiger partial charge in [-0.05, 0) is 24.8 Å². The number of rotatable bonds is 7. The quantitative estimate of drug-likeness (QED) is 0.783. The van der Waals surface area contributed by atoms with Crippen LogP contribution in [0.5, 0.6) is 0 Å². The molecule has 2 aromatic rings. The third-order valence-corrected chi connectivity index (χ3v) is 4.13. The Bertz CT molecular complexity index is 727. The maximum atomic E-state index is 12.5. The molecule has 1 N–H and O–H groups in total. The number of carbonyl (C=O) groups excluding carboxylic acids is 2. The fourth-order valence-electron chi connectivity index (χ4n) is 2.48. The number of ether oxygens (including phenoxy) is 1. The molecule has 0 radical (unpaired) electrons. The number of nitrogens with zero attached hydrogens (tertiary/aromatic N) is 2. The Morgan fingerprint density at radius 2 is 1.88 bits per heavy atom. The predicted octanol–water partition coefficient (Wildman–Crippen LogP) is 3.24. The van der Waals surface area contributed by atoms with E-state index in [1.54, 1.807) is 12.4 Å². The number of carbonyl (C=O) groups is 2. The lowest BCUT2D eigenvalue weighted by Gasteiger charge is -2.15. The van der Waals surface area contributed by atoms with Gasteiger partial charge in [0.25, 0.3) is 0 Å². The predicted molar refractivity (Wildman–Crippen MR) is 92.2 cm³/mol. The van der Waals surface area contributed by atoms with Crippen LogP contribution in [0.2, 0.25) is 0 Å². The second-order valence-electron chi connectivity index (χ2n) is 6.14. The molecule has 1 atom stereocenters. The highest BCUT2D eigenvalue weighted by molar-refractivity contribution is 6.01. The van der Waals surface area contributed by atoms with Gasteiger partial charge in [0.05, 0.1) is 11.6 Å². The first kappa shape index (κ1) is 17.1. The molecule has 1 aromatic heterocycles. The minimum Gasteiger partial charge on any atom is -0.445 e. The van der Waals surface area contributed by atoms with Crippen molar-refractivity contribution in [3.05, 3.63) is 59.7 Å². The van der Waals surface area contributed by atoms with Crippen LogP contribution >= 0.6 is 0 Å². The molecule has 25 heavy (non-hydrogen) atoms. The monoisotopic (exact) mass is 339 g/mol. The van der Waals surface area contributed by atoms with Gasteiger partial charge in [-0.2, -0.15) is 0 Å². The van der Waals surface area contributed by atoms with Crippen LogP contribution in [0.1, 0.15) is 53.8 Å². The van der Waals surface area contributed by atoms with Crippen LogP contribution in [-0.4, -0.2) is 27.9 Å². The normalized spacial score (nSPS) is 14.6. The van der Waals surface area contributed by atoms with Crippen LogP contribution in [0.4, 0.5) is 4.79 Å². The molecule has 1 saturated carbocycles. The van der Waals surface area contributed by atoms with Crippen molar-refractivity contribution in [1.82, 2.24) is 15.3 Å². The number of nitrogens with one attached hydrogen (secondary N) is 1. The van der Waals surface area contributed by atoms with Gasteiger partial charge in [0.1, 0.15) is 12.4 Å². The Labute approximate surface area is 146 Å². The van der Waals surface area contributed by atoms with E-state index in [0.717, 1.165) is 24.2 Å². The standard InChI is InChI=1S/C19H21N3O3/c1-2-16(22-19(24)25-12-13-6-4-3-5-7-13)17(23)15-10-20-18(21-11-15)14-8-9-14/h3-7,10-11,14,16H,2,8-9,12H2,1H3,(H,22,24). The van der Waals surface area contributed by atoms with Gasteiger partial charge in [-0.3, -0.25) is 4.79 Å². The van der Waals surface area contributed by atoms with E-state index in [0.29, 0.717) is 17.9 Å². The van der Waals surface area contributed by atoms with Gasteiger partial charge in [0.15, 0.2) is 5.78 Å². The van der Waals surface area contributed by atoms with E-state index in [1.165, 1.54) is 0 Å². The maximum absolute atomic E-state index is 12.5. The summed E-state index contributed by atoms with van der Waals surface area (Å²) in [5, 5.41) is 2.62. The van der Waals surface area contributed by atoms with Crippen LogP contribution in [0.25, 0.3) is 0 Å². The molecule has 1 aromatic carbocycles. The van der Waals surface area contributed by atoms with Gasteiger partial charge >= 0.3 is 6.09 Å². The number of hydrogen-bond donors (Lipinski definition) is 1. The molecule has 0 saturated heterocycles. The van der Waals surface area contributed by atoms with E-state index in [-0.39, 0.29) is 12.4 Å². The molecule has 1 fully saturated rings. The number of Topliss-reactive ketones (excluding diaryl/α,β-unsaturated/α-hetero) is 1. The van der Waals surface area contributed by atoms with Gasteiger partial charge in [-0.1, -0.05) is 37.3 Å². The molecule has 3 rings (SSSR count). The molecular weight excluding hydrogens is 318 g/mol. The third-order valence-electron chi connectivity index (χ3n) is 4.13. The van der Waals surface area contributed by atoms with Crippen molar-refractivity contribution >= 4 is 11.9 Å². The largest absolute Gasteiger partial charge is 0.445 e. The minimum atomic E-state index is -0.654. The summed E-state index contributed by atoms with van der Waals surface area (Å²) in [7, 11) is 0. The SMILES string of the molecule is CCC(NC(=O)OCc1ccccc1)C(=O)c1cnc(C2CC2)nc1. The lowest BCUT2D eigenvalue weighted by Crippen LogP contribution is -2.40. The fraction of sp³-hybridized carbons (Fsp3) is 0.368. The summed E-state index contributed by atoms with van der Waals surface area (Å²) in [5.74, 6) is 1.03. The Hall–Kier alpha value is -2.76. The van der Waals surface area contributed by atoms with Crippen molar-refractivity contribution in [2.24, 2.45) is 0 Å². The molecule has 0 aliphatic heterocycles. The van der Waals surface area contributed by atoms with E-state index in [4.69, 9.17) is 4.74 Å².